The van der Waals surface area contributed by atoms with Crippen LogP contribution >= 0.6 is 34.0 Å². The molecule has 33 heavy (non-hydrogen) atoms. The minimum absolute atomic E-state index is 0.0705. The van der Waals surface area contributed by atoms with Crippen LogP contribution in [0.3, 0.4) is 0 Å². The van der Waals surface area contributed by atoms with Crippen molar-refractivity contribution < 1.29 is 0 Å². The molecule has 4 aromatic heterocycles. The molecule has 4 heterocycles. The number of rotatable bonds is 3. The first-order valence-electron chi connectivity index (χ1n) is 11.4. The average molecular weight is 487 g/mol. The van der Waals surface area contributed by atoms with Gasteiger partial charge in [0, 0.05) is 35.3 Å². The van der Waals surface area contributed by atoms with E-state index in [1.165, 1.54) is 51.0 Å². The molecule has 0 fully saturated rings. The summed E-state index contributed by atoms with van der Waals surface area (Å²) in [7, 11) is 0. The lowest BCUT2D eigenvalue weighted by Gasteiger charge is -2.21. The summed E-state index contributed by atoms with van der Waals surface area (Å²) in [5, 5.41) is 6.12. The van der Waals surface area contributed by atoms with Crippen LogP contribution in [0.2, 0.25) is 0 Å². The van der Waals surface area contributed by atoms with E-state index >= 15 is 0 Å². The molecule has 0 aliphatic carbocycles. The maximum Gasteiger partial charge on any atom is 0.116 e. The predicted molar refractivity (Wildman–Crippen MR) is 148 cm³/mol. The summed E-state index contributed by atoms with van der Waals surface area (Å²) in [5.41, 5.74) is 4.78. The van der Waals surface area contributed by atoms with Gasteiger partial charge in [-0.2, -0.15) is 0 Å². The second-order valence-electron chi connectivity index (χ2n) is 10.3. The molecule has 0 bridgehead atoms. The normalized spacial score (nSPS) is 12.8. The van der Waals surface area contributed by atoms with Crippen LogP contribution in [-0.2, 0) is 11.8 Å². The second-order valence-corrected chi connectivity index (χ2v) is 13.4. The molecule has 0 unspecified atom stereocenters. The van der Waals surface area contributed by atoms with Crippen LogP contribution in [0, 0.1) is 5.92 Å². The van der Waals surface area contributed by atoms with E-state index in [0.29, 0.717) is 5.92 Å². The average Bonchev–Trinajstić information content (AvgIpc) is 3.46. The van der Waals surface area contributed by atoms with Gasteiger partial charge in [0.1, 0.15) is 6.33 Å². The van der Waals surface area contributed by atoms with Gasteiger partial charge in [-0.3, -0.25) is 0 Å². The Labute approximate surface area is 205 Å². The lowest BCUT2D eigenvalue weighted by atomic mass is 9.85. The Morgan fingerprint density at radius 3 is 2.52 bits per heavy atom. The van der Waals surface area contributed by atoms with Crippen molar-refractivity contribution in [1.82, 2.24) is 9.97 Å². The molecule has 0 aliphatic heterocycles. The maximum absolute atomic E-state index is 4.82. The fraction of sp³-hybridized carbons (Fsp3) is 0.286. The third-order valence-electron chi connectivity index (χ3n) is 6.21. The Bertz CT molecular complexity index is 1660. The Morgan fingerprint density at radius 1 is 0.909 bits per heavy atom. The molecular weight excluding hydrogens is 461 g/mol. The van der Waals surface area contributed by atoms with Gasteiger partial charge in [-0.05, 0) is 70.5 Å². The third kappa shape index (κ3) is 3.49. The first kappa shape index (κ1) is 21.2. The Kier molecular flexibility index (Phi) is 4.88. The lowest BCUT2D eigenvalue weighted by Crippen LogP contribution is -2.11. The zero-order valence-electron chi connectivity index (χ0n) is 19.5. The molecular formula is C28H26N2S3. The van der Waals surface area contributed by atoms with Crippen molar-refractivity contribution >= 4 is 74.5 Å². The number of fused-ring (bicyclic) bond motifs is 6. The number of aromatic nitrogens is 2. The quantitative estimate of drug-likeness (QED) is 0.249. The van der Waals surface area contributed by atoms with E-state index in [9.17, 15) is 0 Å². The summed E-state index contributed by atoms with van der Waals surface area (Å²) in [4.78, 5) is 11.1. The van der Waals surface area contributed by atoms with E-state index in [0.717, 1.165) is 17.6 Å². The van der Waals surface area contributed by atoms with Gasteiger partial charge < -0.3 is 0 Å². The summed E-state index contributed by atoms with van der Waals surface area (Å²) in [6, 6.07) is 13.8. The van der Waals surface area contributed by atoms with Crippen LogP contribution in [-0.4, -0.2) is 9.97 Å². The van der Waals surface area contributed by atoms with Crippen molar-refractivity contribution in [1.29, 1.82) is 0 Å². The molecule has 0 spiro atoms. The van der Waals surface area contributed by atoms with E-state index in [1.54, 1.807) is 6.33 Å². The van der Waals surface area contributed by atoms with Gasteiger partial charge in [-0.25, -0.2) is 9.97 Å². The van der Waals surface area contributed by atoms with Crippen molar-refractivity contribution in [3.63, 3.8) is 0 Å². The van der Waals surface area contributed by atoms with Crippen LogP contribution in [0.1, 0.15) is 45.1 Å². The Morgan fingerprint density at radius 2 is 1.73 bits per heavy atom. The SMILES string of the molecule is CC(C)Cc1cc2c(ccc3sc4c(-c5cc(C(C)(C)C)c6sccc6c5)ncnc4c32)s1. The van der Waals surface area contributed by atoms with Crippen LogP contribution in [0.5, 0.6) is 0 Å². The van der Waals surface area contributed by atoms with Crippen LogP contribution < -0.4 is 0 Å². The van der Waals surface area contributed by atoms with E-state index in [4.69, 9.17) is 9.97 Å². The minimum atomic E-state index is 0.0705. The number of hydrogen-bond donors (Lipinski definition) is 0. The number of hydrogen-bond acceptors (Lipinski definition) is 5. The van der Waals surface area contributed by atoms with Crippen LogP contribution in [0.15, 0.2) is 48.1 Å². The standard InChI is InChI=1S/C28H26N2S3/c1-15(2)10-18-13-19-21(32-18)6-7-22-23(19)25-27(33-22)24(29-14-30-25)17-11-16-8-9-31-26(16)20(12-17)28(3,4)5/h6-9,11-15H,10H2,1-5H3. The molecule has 0 radical (unpaired) electrons. The van der Waals surface area contributed by atoms with Crippen molar-refractivity contribution in [3.8, 4) is 11.3 Å². The number of benzene rings is 2. The largest absolute Gasteiger partial charge is 0.235 e. The molecule has 0 saturated heterocycles. The van der Waals surface area contributed by atoms with Crippen LogP contribution in [0.25, 0.3) is 51.7 Å². The minimum Gasteiger partial charge on any atom is -0.235 e. The lowest BCUT2D eigenvalue weighted by molar-refractivity contribution is 0.597. The highest BCUT2D eigenvalue weighted by atomic mass is 32.1. The van der Waals surface area contributed by atoms with Gasteiger partial charge in [0.25, 0.3) is 0 Å². The highest BCUT2D eigenvalue weighted by molar-refractivity contribution is 7.26. The fourth-order valence-electron chi connectivity index (χ4n) is 4.72. The molecule has 0 aliphatic rings. The van der Waals surface area contributed by atoms with E-state index in [1.807, 2.05) is 34.0 Å². The summed E-state index contributed by atoms with van der Waals surface area (Å²) in [6.45, 7) is 11.5. The van der Waals surface area contributed by atoms with Gasteiger partial charge >= 0.3 is 0 Å². The third-order valence-corrected chi connectivity index (χ3v) is 9.45. The van der Waals surface area contributed by atoms with Crippen molar-refractivity contribution in [3.05, 3.63) is 58.5 Å². The topological polar surface area (TPSA) is 25.8 Å². The molecule has 6 aromatic rings. The summed E-state index contributed by atoms with van der Waals surface area (Å²) >= 11 is 5.58. The summed E-state index contributed by atoms with van der Waals surface area (Å²) in [6.07, 6.45) is 2.87. The molecule has 2 nitrogen and oxygen atoms in total. The smallest absolute Gasteiger partial charge is 0.116 e. The van der Waals surface area contributed by atoms with E-state index in [2.05, 4.69) is 76.4 Å². The Balaban J connectivity index is 1.63. The number of nitrogens with zero attached hydrogens (tertiary/aromatic N) is 2. The molecule has 0 saturated carbocycles. The number of thiophene rings is 3. The van der Waals surface area contributed by atoms with Gasteiger partial charge in [-0.15, -0.1) is 34.0 Å². The molecule has 0 N–H and O–H groups in total. The first-order chi connectivity index (χ1) is 15.8. The fourth-order valence-corrected chi connectivity index (χ4v) is 8.29. The van der Waals surface area contributed by atoms with Gasteiger partial charge in [0.05, 0.1) is 15.9 Å². The highest BCUT2D eigenvalue weighted by Crippen LogP contribution is 2.44. The maximum atomic E-state index is 4.82. The van der Waals surface area contributed by atoms with E-state index in [-0.39, 0.29) is 5.41 Å². The zero-order chi connectivity index (χ0) is 22.9. The second kappa shape index (κ2) is 7.59. The molecule has 6 rings (SSSR count). The monoisotopic (exact) mass is 486 g/mol. The van der Waals surface area contributed by atoms with Gasteiger partial charge in [-0.1, -0.05) is 34.6 Å². The van der Waals surface area contributed by atoms with Crippen molar-refractivity contribution in [2.75, 3.05) is 0 Å². The zero-order valence-corrected chi connectivity index (χ0v) is 22.0. The van der Waals surface area contributed by atoms with E-state index < -0.39 is 0 Å². The molecule has 0 atom stereocenters. The first-order valence-corrected chi connectivity index (χ1v) is 13.9. The summed E-state index contributed by atoms with van der Waals surface area (Å²) < 4.78 is 5.21. The van der Waals surface area contributed by atoms with Gasteiger partial charge in [0.15, 0.2) is 0 Å². The Hall–Kier alpha value is -2.34. The molecule has 2 aromatic carbocycles. The predicted octanol–water partition coefficient (Wildman–Crippen LogP) is 9.44. The van der Waals surface area contributed by atoms with Crippen molar-refractivity contribution in [2.24, 2.45) is 5.92 Å². The molecule has 0 amide bonds. The molecule has 166 valence electrons. The molecule has 5 heteroatoms. The van der Waals surface area contributed by atoms with Crippen molar-refractivity contribution in [2.45, 2.75) is 46.5 Å². The van der Waals surface area contributed by atoms with Gasteiger partial charge in [0.2, 0.25) is 0 Å². The summed E-state index contributed by atoms with van der Waals surface area (Å²) in [5.74, 6) is 0.658. The van der Waals surface area contributed by atoms with Crippen LogP contribution in [0.4, 0.5) is 0 Å². The highest BCUT2D eigenvalue weighted by Gasteiger charge is 2.22.